The normalized spacial score (nSPS) is 14.6. The number of nitriles is 1. The number of ether oxygens (including phenoxy) is 1. The molecule has 1 saturated heterocycles. The molecule has 27 heavy (non-hydrogen) atoms. The van der Waals surface area contributed by atoms with Gasteiger partial charge in [-0.1, -0.05) is 38.1 Å². The minimum Gasteiger partial charge on any atom is -0.489 e. The van der Waals surface area contributed by atoms with Crippen molar-refractivity contribution in [3.8, 4) is 11.8 Å². The fraction of sp³-hybridized carbons (Fsp3) is 0.364. The van der Waals surface area contributed by atoms with Crippen LogP contribution in [0, 0.1) is 17.2 Å². The Labute approximate surface area is 159 Å². The molecule has 2 aromatic rings. The summed E-state index contributed by atoms with van der Waals surface area (Å²) in [5.74, 6) is 0.153. The van der Waals surface area contributed by atoms with E-state index in [1.807, 2.05) is 42.5 Å². The zero-order chi connectivity index (χ0) is 19.4. The molecule has 1 heterocycles. The van der Waals surface area contributed by atoms with Crippen molar-refractivity contribution >= 4 is 5.97 Å². The number of benzene rings is 2. The predicted octanol–water partition coefficient (Wildman–Crippen LogP) is 3.78. The zero-order valence-electron chi connectivity index (χ0n) is 15.7. The monoisotopic (exact) mass is 364 g/mol. The molecule has 0 bridgehead atoms. The van der Waals surface area contributed by atoms with Crippen LogP contribution in [0.15, 0.2) is 42.5 Å². The average Bonchev–Trinajstić information content (AvgIpc) is 2.62. The van der Waals surface area contributed by atoms with Crippen LogP contribution >= 0.6 is 0 Å². The van der Waals surface area contributed by atoms with Gasteiger partial charge in [-0.2, -0.15) is 5.26 Å². The van der Waals surface area contributed by atoms with Gasteiger partial charge >= 0.3 is 5.97 Å². The number of carboxylic acid groups (broad SMARTS) is 1. The molecule has 2 aromatic carbocycles. The second-order valence-electron chi connectivity index (χ2n) is 7.35. The minimum absolute atomic E-state index is 0.229. The summed E-state index contributed by atoms with van der Waals surface area (Å²) in [5, 5.41) is 18.2. The van der Waals surface area contributed by atoms with Crippen molar-refractivity contribution in [2.24, 2.45) is 5.92 Å². The van der Waals surface area contributed by atoms with Gasteiger partial charge in [0.1, 0.15) is 12.4 Å². The summed E-state index contributed by atoms with van der Waals surface area (Å²) in [6, 6.07) is 16.0. The molecule has 0 radical (unpaired) electrons. The molecule has 1 fully saturated rings. The number of carbonyl (C=O) groups is 1. The first-order chi connectivity index (χ1) is 13.0. The first-order valence-electron chi connectivity index (χ1n) is 9.16. The van der Waals surface area contributed by atoms with Gasteiger partial charge in [-0.15, -0.1) is 0 Å². The van der Waals surface area contributed by atoms with E-state index in [9.17, 15) is 10.1 Å². The van der Waals surface area contributed by atoms with Crippen LogP contribution in [0.5, 0.6) is 5.75 Å². The van der Waals surface area contributed by atoms with E-state index in [1.165, 1.54) is 0 Å². The van der Waals surface area contributed by atoms with E-state index in [-0.39, 0.29) is 5.92 Å². The van der Waals surface area contributed by atoms with Crippen LogP contribution in [0.3, 0.4) is 0 Å². The first-order valence-corrected chi connectivity index (χ1v) is 9.16. The topological polar surface area (TPSA) is 73.6 Å². The molecule has 1 aliphatic rings. The van der Waals surface area contributed by atoms with Crippen molar-refractivity contribution in [1.82, 2.24) is 4.90 Å². The molecule has 0 saturated carbocycles. The van der Waals surface area contributed by atoms with Crippen LogP contribution in [0.2, 0.25) is 0 Å². The number of carboxylic acids is 1. The molecular formula is C22H24N2O3. The molecule has 5 heteroatoms. The zero-order valence-corrected chi connectivity index (χ0v) is 15.7. The van der Waals surface area contributed by atoms with E-state index in [2.05, 4.69) is 24.8 Å². The van der Waals surface area contributed by atoms with Gasteiger partial charge < -0.3 is 9.84 Å². The van der Waals surface area contributed by atoms with Crippen LogP contribution in [-0.4, -0.2) is 29.1 Å². The third-order valence-corrected chi connectivity index (χ3v) is 4.90. The van der Waals surface area contributed by atoms with Crippen LogP contribution in [0.4, 0.5) is 0 Å². The Morgan fingerprint density at radius 3 is 2.48 bits per heavy atom. The Hall–Kier alpha value is -2.84. The quantitative estimate of drug-likeness (QED) is 0.809. The number of hydrogen-bond acceptors (Lipinski definition) is 4. The number of likely N-dealkylation sites (tertiary alicyclic amines) is 1. The maximum absolute atomic E-state index is 10.8. The first kappa shape index (κ1) is 18.9. The maximum atomic E-state index is 10.8. The van der Waals surface area contributed by atoms with Crippen molar-refractivity contribution in [2.75, 3.05) is 13.1 Å². The summed E-state index contributed by atoms with van der Waals surface area (Å²) >= 11 is 0. The smallest absolute Gasteiger partial charge is 0.309 e. The van der Waals surface area contributed by atoms with Gasteiger partial charge in [0.2, 0.25) is 0 Å². The van der Waals surface area contributed by atoms with E-state index in [0.29, 0.717) is 31.2 Å². The molecule has 0 aliphatic carbocycles. The Balaban J connectivity index is 1.53. The van der Waals surface area contributed by atoms with Gasteiger partial charge in [0, 0.05) is 19.6 Å². The highest BCUT2D eigenvalue weighted by Crippen LogP contribution is 2.23. The number of rotatable bonds is 7. The average molecular weight is 364 g/mol. The third kappa shape index (κ3) is 4.66. The van der Waals surface area contributed by atoms with E-state index in [0.717, 1.165) is 29.0 Å². The van der Waals surface area contributed by atoms with Crippen molar-refractivity contribution in [3.05, 3.63) is 64.7 Å². The lowest BCUT2D eigenvalue weighted by Gasteiger charge is -2.36. The molecular weight excluding hydrogens is 340 g/mol. The van der Waals surface area contributed by atoms with Gasteiger partial charge in [0.05, 0.1) is 17.6 Å². The minimum atomic E-state index is -0.712. The van der Waals surface area contributed by atoms with Gasteiger partial charge in [-0.25, -0.2) is 0 Å². The molecule has 0 spiro atoms. The van der Waals surface area contributed by atoms with Crippen LogP contribution in [-0.2, 0) is 17.9 Å². The lowest BCUT2D eigenvalue weighted by atomic mass is 9.96. The van der Waals surface area contributed by atoms with Gasteiger partial charge in [-0.3, -0.25) is 9.69 Å². The summed E-state index contributed by atoms with van der Waals surface area (Å²) in [7, 11) is 0. The molecule has 0 unspecified atom stereocenters. The highest BCUT2D eigenvalue weighted by Gasteiger charge is 2.32. The third-order valence-electron chi connectivity index (χ3n) is 4.90. The number of hydrogen-bond donors (Lipinski definition) is 1. The van der Waals surface area contributed by atoms with E-state index in [1.54, 1.807) is 0 Å². The molecule has 0 aromatic heterocycles. The molecule has 3 rings (SSSR count). The molecule has 5 nitrogen and oxygen atoms in total. The summed E-state index contributed by atoms with van der Waals surface area (Å²) in [6.07, 6.45) is 0. The van der Waals surface area contributed by atoms with Crippen molar-refractivity contribution in [1.29, 1.82) is 5.26 Å². The molecule has 140 valence electrons. The standard InChI is InChI=1S/C22H24N2O3/c1-15(2)21-8-5-17(9-18(21)10-23)14-27-20-6-3-16(4-7-20)11-24-12-19(13-24)22(25)26/h3-9,15,19H,11-14H2,1-2H3,(H,25,26). The number of aliphatic carboxylic acids is 1. The highest BCUT2D eigenvalue weighted by atomic mass is 16.5. The maximum Gasteiger partial charge on any atom is 0.309 e. The lowest BCUT2D eigenvalue weighted by Crippen LogP contribution is -2.49. The Kier molecular flexibility index (Phi) is 5.78. The Morgan fingerprint density at radius 2 is 1.89 bits per heavy atom. The lowest BCUT2D eigenvalue weighted by molar-refractivity contribution is -0.147. The Morgan fingerprint density at radius 1 is 1.22 bits per heavy atom. The predicted molar refractivity (Wildman–Crippen MR) is 102 cm³/mol. The fourth-order valence-corrected chi connectivity index (χ4v) is 3.26. The summed E-state index contributed by atoms with van der Waals surface area (Å²) < 4.78 is 5.84. The summed E-state index contributed by atoms with van der Waals surface area (Å²) in [4.78, 5) is 13.0. The van der Waals surface area contributed by atoms with Gasteiger partial charge in [-0.05, 0) is 40.8 Å². The molecule has 1 aliphatic heterocycles. The van der Waals surface area contributed by atoms with Crippen molar-refractivity contribution in [3.63, 3.8) is 0 Å². The van der Waals surface area contributed by atoms with Crippen LogP contribution in [0.25, 0.3) is 0 Å². The van der Waals surface area contributed by atoms with Crippen molar-refractivity contribution < 1.29 is 14.6 Å². The van der Waals surface area contributed by atoms with Crippen LogP contribution < -0.4 is 4.74 Å². The highest BCUT2D eigenvalue weighted by molar-refractivity contribution is 5.71. The van der Waals surface area contributed by atoms with E-state index < -0.39 is 5.97 Å². The van der Waals surface area contributed by atoms with E-state index >= 15 is 0 Å². The van der Waals surface area contributed by atoms with Crippen LogP contribution in [0.1, 0.15) is 42.0 Å². The van der Waals surface area contributed by atoms with Gasteiger partial charge in [0.15, 0.2) is 0 Å². The molecule has 0 amide bonds. The molecule has 1 N–H and O–H groups in total. The Bertz CT molecular complexity index is 847. The molecule has 0 atom stereocenters. The number of nitrogens with zero attached hydrogens (tertiary/aromatic N) is 2. The SMILES string of the molecule is CC(C)c1ccc(COc2ccc(CN3CC(C(=O)O)C3)cc2)cc1C#N. The fourth-order valence-electron chi connectivity index (χ4n) is 3.26. The second kappa shape index (κ2) is 8.24. The van der Waals surface area contributed by atoms with E-state index in [4.69, 9.17) is 9.84 Å². The summed E-state index contributed by atoms with van der Waals surface area (Å²) in [6.45, 7) is 6.55. The summed E-state index contributed by atoms with van der Waals surface area (Å²) in [5.41, 5.74) is 3.87. The van der Waals surface area contributed by atoms with Crippen molar-refractivity contribution in [2.45, 2.75) is 32.9 Å². The largest absolute Gasteiger partial charge is 0.489 e. The van der Waals surface area contributed by atoms with Gasteiger partial charge in [0.25, 0.3) is 0 Å². The second-order valence-corrected chi connectivity index (χ2v) is 7.35.